The van der Waals surface area contributed by atoms with Crippen molar-refractivity contribution in [3.63, 3.8) is 0 Å². The van der Waals surface area contributed by atoms with Gasteiger partial charge in [0.15, 0.2) is 0 Å². The van der Waals surface area contributed by atoms with Crippen molar-refractivity contribution in [1.29, 1.82) is 5.26 Å². The summed E-state index contributed by atoms with van der Waals surface area (Å²) in [6.45, 7) is 1.81. The standard InChI is InChI=1S/C19H15ClN2O3S/c1-12-19(26(24)15-6-4-14(20)5-7-15)16-9-13(10-21)3-8-17(16)22(12)11-18(23)25-2/h3-9H,11H2,1-2H3. The maximum Gasteiger partial charge on any atom is 0.325 e. The average Bonchev–Trinajstić information content (AvgIpc) is 2.92. The second-order valence-electron chi connectivity index (χ2n) is 5.64. The summed E-state index contributed by atoms with van der Waals surface area (Å²) >= 11 is 5.92. The van der Waals surface area contributed by atoms with Crippen LogP contribution < -0.4 is 0 Å². The van der Waals surface area contributed by atoms with Gasteiger partial charge in [-0.1, -0.05) is 11.6 Å². The molecule has 0 saturated heterocycles. The van der Waals surface area contributed by atoms with E-state index in [1.165, 1.54) is 7.11 Å². The molecule has 0 radical (unpaired) electrons. The van der Waals surface area contributed by atoms with Crippen LogP contribution in [0.25, 0.3) is 10.9 Å². The molecule has 1 aromatic heterocycles. The molecule has 132 valence electrons. The van der Waals surface area contributed by atoms with Gasteiger partial charge < -0.3 is 9.30 Å². The number of fused-ring (bicyclic) bond motifs is 1. The molecule has 7 heteroatoms. The van der Waals surface area contributed by atoms with Crippen LogP contribution in [0.15, 0.2) is 52.3 Å². The molecule has 0 N–H and O–H groups in total. The zero-order valence-electron chi connectivity index (χ0n) is 14.2. The molecule has 1 heterocycles. The van der Waals surface area contributed by atoms with Crippen LogP contribution in [0.5, 0.6) is 0 Å². The molecular weight excluding hydrogens is 372 g/mol. The van der Waals surface area contributed by atoms with Crippen molar-refractivity contribution >= 4 is 39.3 Å². The number of methoxy groups -OCH3 is 1. The Morgan fingerprint density at radius 1 is 1.27 bits per heavy atom. The highest BCUT2D eigenvalue weighted by Crippen LogP contribution is 2.32. The monoisotopic (exact) mass is 386 g/mol. The lowest BCUT2D eigenvalue weighted by atomic mass is 10.2. The third kappa shape index (κ3) is 3.24. The lowest BCUT2D eigenvalue weighted by molar-refractivity contribution is -0.141. The molecule has 0 bridgehead atoms. The highest BCUT2D eigenvalue weighted by Gasteiger charge is 2.22. The zero-order chi connectivity index (χ0) is 18.8. The fraction of sp³-hybridized carbons (Fsp3) is 0.158. The third-order valence-corrected chi connectivity index (χ3v) is 5.96. The Morgan fingerprint density at radius 2 is 1.96 bits per heavy atom. The average molecular weight is 387 g/mol. The van der Waals surface area contributed by atoms with Crippen LogP contribution >= 0.6 is 11.6 Å². The molecule has 0 aliphatic heterocycles. The first-order valence-corrected chi connectivity index (χ1v) is 9.26. The van der Waals surface area contributed by atoms with Crippen molar-refractivity contribution < 1.29 is 13.7 Å². The first kappa shape index (κ1) is 18.2. The maximum atomic E-state index is 13.2. The fourth-order valence-corrected chi connectivity index (χ4v) is 4.32. The molecule has 0 aliphatic carbocycles. The first-order chi connectivity index (χ1) is 12.5. The lowest BCUT2D eigenvalue weighted by Crippen LogP contribution is -2.12. The van der Waals surface area contributed by atoms with Crippen LogP contribution in [0, 0.1) is 18.3 Å². The third-order valence-electron chi connectivity index (χ3n) is 4.12. The number of aromatic nitrogens is 1. The van der Waals surface area contributed by atoms with E-state index in [2.05, 4.69) is 6.07 Å². The van der Waals surface area contributed by atoms with Gasteiger partial charge in [-0.05, 0) is 49.4 Å². The fourth-order valence-electron chi connectivity index (χ4n) is 2.83. The van der Waals surface area contributed by atoms with Crippen molar-refractivity contribution in [3.05, 3.63) is 58.7 Å². The Hall–Kier alpha value is -2.62. The van der Waals surface area contributed by atoms with E-state index in [-0.39, 0.29) is 6.54 Å². The number of carbonyl (C=O) groups excluding carboxylic acids is 1. The summed E-state index contributed by atoms with van der Waals surface area (Å²) in [7, 11) is -0.165. The number of nitriles is 1. The van der Waals surface area contributed by atoms with Crippen molar-refractivity contribution in [1.82, 2.24) is 4.57 Å². The van der Waals surface area contributed by atoms with Crippen LogP contribution in [-0.4, -0.2) is 21.9 Å². The second kappa shape index (κ2) is 7.32. The van der Waals surface area contributed by atoms with E-state index < -0.39 is 16.8 Å². The molecule has 2 aromatic carbocycles. The van der Waals surface area contributed by atoms with E-state index in [4.69, 9.17) is 16.3 Å². The summed E-state index contributed by atoms with van der Waals surface area (Å²) < 4.78 is 19.7. The topological polar surface area (TPSA) is 72.1 Å². The molecule has 0 saturated carbocycles. The van der Waals surface area contributed by atoms with E-state index in [0.717, 1.165) is 5.52 Å². The summed E-state index contributed by atoms with van der Waals surface area (Å²) in [6.07, 6.45) is 0. The Morgan fingerprint density at radius 3 is 2.58 bits per heavy atom. The van der Waals surface area contributed by atoms with Crippen molar-refractivity contribution in [3.8, 4) is 6.07 Å². The van der Waals surface area contributed by atoms with Crippen LogP contribution in [0.3, 0.4) is 0 Å². The van der Waals surface area contributed by atoms with Gasteiger partial charge in [-0.2, -0.15) is 5.26 Å². The minimum Gasteiger partial charge on any atom is -0.468 e. The van der Waals surface area contributed by atoms with Gasteiger partial charge in [0.2, 0.25) is 0 Å². The SMILES string of the molecule is COC(=O)Cn1c(C)c(S(=O)c2ccc(Cl)cc2)c2cc(C#N)ccc21. The molecule has 0 amide bonds. The Balaban J connectivity index is 2.24. The number of benzene rings is 2. The molecule has 5 nitrogen and oxygen atoms in total. The van der Waals surface area contributed by atoms with Gasteiger partial charge in [0.25, 0.3) is 0 Å². The molecule has 3 rings (SSSR count). The number of ether oxygens (including phenoxy) is 1. The minimum atomic E-state index is -1.49. The summed E-state index contributed by atoms with van der Waals surface area (Å²) in [4.78, 5) is 13.0. The molecule has 0 fully saturated rings. The Bertz CT molecular complexity index is 1070. The lowest BCUT2D eigenvalue weighted by Gasteiger charge is -2.07. The van der Waals surface area contributed by atoms with Crippen LogP contribution in [0.1, 0.15) is 11.3 Å². The van der Waals surface area contributed by atoms with Crippen LogP contribution in [-0.2, 0) is 26.9 Å². The normalized spacial score (nSPS) is 11.9. The van der Waals surface area contributed by atoms with Gasteiger partial charge in [-0.15, -0.1) is 0 Å². The predicted molar refractivity (Wildman–Crippen MR) is 99.5 cm³/mol. The highest BCUT2D eigenvalue weighted by atomic mass is 35.5. The van der Waals surface area contributed by atoms with Crippen LogP contribution in [0.2, 0.25) is 5.02 Å². The molecule has 1 atom stereocenters. The van der Waals surface area contributed by atoms with E-state index in [1.807, 2.05) is 0 Å². The van der Waals surface area contributed by atoms with Gasteiger partial charge in [-0.25, -0.2) is 4.21 Å². The quantitative estimate of drug-likeness (QED) is 0.639. The largest absolute Gasteiger partial charge is 0.468 e. The maximum absolute atomic E-state index is 13.2. The molecule has 1 unspecified atom stereocenters. The van der Waals surface area contributed by atoms with Gasteiger partial charge in [-0.3, -0.25) is 4.79 Å². The molecule has 0 spiro atoms. The van der Waals surface area contributed by atoms with E-state index in [0.29, 0.717) is 31.5 Å². The number of halogens is 1. The Labute approximate surface area is 158 Å². The number of hydrogen-bond acceptors (Lipinski definition) is 4. The first-order valence-electron chi connectivity index (χ1n) is 7.73. The number of hydrogen-bond donors (Lipinski definition) is 0. The van der Waals surface area contributed by atoms with E-state index >= 15 is 0 Å². The van der Waals surface area contributed by atoms with E-state index in [1.54, 1.807) is 54.0 Å². The molecule has 26 heavy (non-hydrogen) atoms. The van der Waals surface area contributed by atoms with Gasteiger partial charge in [0.1, 0.15) is 6.54 Å². The van der Waals surface area contributed by atoms with Crippen molar-refractivity contribution in [2.24, 2.45) is 0 Å². The second-order valence-corrected chi connectivity index (χ2v) is 7.50. The van der Waals surface area contributed by atoms with Gasteiger partial charge in [0.05, 0.1) is 40.0 Å². The minimum absolute atomic E-state index is 0.00253. The highest BCUT2D eigenvalue weighted by molar-refractivity contribution is 7.85. The summed E-state index contributed by atoms with van der Waals surface area (Å²) in [5, 5.41) is 10.4. The number of esters is 1. The molecule has 3 aromatic rings. The number of nitrogens with zero attached hydrogens (tertiary/aromatic N) is 2. The summed E-state index contributed by atoms with van der Waals surface area (Å²) in [5.74, 6) is -0.404. The van der Waals surface area contributed by atoms with Gasteiger partial charge in [0, 0.05) is 21.0 Å². The number of carbonyl (C=O) groups is 1. The summed E-state index contributed by atoms with van der Waals surface area (Å²) in [5.41, 5.74) is 1.88. The Kier molecular flexibility index (Phi) is 5.12. The predicted octanol–water partition coefficient (Wildman–Crippen LogP) is 3.81. The van der Waals surface area contributed by atoms with Crippen molar-refractivity contribution in [2.75, 3.05) is 7.11 Å². The smallest absolute Gasteiger partial charge is 0.325 e. The molecular formula is C19H15ClN2O3S. The van der Waals surface area contributed by atoms with Gasteiger partial charge >= 0.3 is 5.97 Å². The summed E-state index contributed by atoms with van der Waals surface area (Å²) in [6, 6.07) is 14.0. The van der Waals surface area contributed by atoms with Crippen molar-refractivity contribution in [2.45, 2.75) is 23.3 Å². The number of rotatable bonds is 4. The van der Waals surface area contributed by atoms with Crippen LogP contribution in [0.4, 0.5) is 0 Å². The zero-order valence-corrected chi connectivity index (χ0v) is 15.7. The van der Waals surface area contributed by atoms with E-state index in [9.17, 15) is 14.3 Å². The molecule has 0 aliphatic rings.